The van der Waals surface area contributed by atoms with Gasteiger partial charge < -0.3 is 10.1 Å². The second kappa shape index (κ2) is 9.15. The molecule has 8 nitrogen and oxygen atoms in total. The highest BCUT2D eigenvalue weighted by Crippen LogP contribution is 2.23. The standard InChI is InChI=1S/C24H26N6O2/c1-16(13-30(4)25-2)17-5-6-19-12-27-22(10-20(19)9-17)28-24(31)18-7-8-26-23(11-18)32-21-14-29(3)15-21/h5-13,21H,2,14-15H2,1,3-4H3,(H,27,28,31)/b16-13+. The number of carbonyl (C=O) groups is 1. The van der Waals surface area contributed by atoms with Crippen LogP contribution in [0.5, 0.6) is 5.88 Å². The van der Waals surface area contributed by atoms with Gasteiger partial charge in [-0.1, -0.05) is 12.1 Å². The van der Waals surface area contributed by atoms with Crippen molar-refractivity contribution < 1.29 is 9.53 Å². The average molecular weight is 431 g/mol. The van der Waals surface area contributed by atoms with Gasteiger partial charge in [0, 0.05) is 62.5 Å². The molecule has 0 atom stereocenters. The number of pyridine rings is 2. The Bertz CT molecular complexity index is 1190. The van der Waals surface area contributed by atoms with E-state index in [9.17, 15) is 4.79 Å². The SMILES string of the molecule is C=NN(C)/C=C(\C)c1ccc2cnc(NC(=O)c3ccnc(OC4CN(C)C4)c3)cc2c1. The molecule has 32 heavy (non-hydrogen) atoms. The topological polar surface area (TPSA) is 83.0 Å². The van der Waals surface area contributed by atoms with E-state index in [-0.39, 0.29) is 12.0 Å². The van der Waals surface area contributed by atoms with E-state index in [0.717, 1.165) is 35.0 Å². The molecule has 1 aliphatic rings. The fourth-order valence-corrected chi connectivity index (χ4v) is 3.54. The van der Waals surface area contributed by atoms with Gasteiger partial charge >= 0.3 is 0 Å². The van der Waals surface area contributed by atoms with Gasteiger partial charge in [0.2, 0.25) is 5.88 Å². The molecule has 1 amide bonds. The first-order valence-corrected chi connectivity index (χ1v) is 10.3. The van der Waals surface area contributed by atoms with Crippen LogP contribution < -0.4 is 10.1 Å². The molecule has 4 rings (SSSR count). The third-order valence-corrected chi connectivity index (χ3v) is 5.34. The first-order valence-electron chi connectivity index (χ1n) is 10.3. The van der Waals surface area contributed by atoms with E-state index in [1.165, 1.54) is 0 Å². The number of nitrogens with zero attached hydrogens (tertiary/aromatic N) is 5. The Balaban J connectivity index is 1.50. The minimum Gasteiger partial charge on any atom is -0.472 e. The van der Waals surface area contributed by atoms with Crippen LogP contribution in [0.2, 0.25) is 0 Å². The lowest BCUT2D eigenvalue weighted by molar-refractivity contribution is 0.0355. The van der Waals surface area contributed by atoms with Crippen LogP contribution in [-0.4, -0.2) is 65.8 Å². The van der Waals surface area contributed by atoms with Gasteiger partial charge in [-0.3, -0.25) is 14.7 Å². The number of hydrazone groups is 1. The molecule has 0 spiro atoms. The van der Waals surface area contributed by atoms with Crippen molar-refractivity contribution in [2.24, 2.45) is 5.10 Å². The summed E-state index contributed by atoms with van der Waals surface area (Å²) in [6.07, 6.45) is 5.35. The van der Waals surface area contributed by atoms with E-state index in [1.54, 1.807) is 29.5 Å². The molecule has 0 saturated carbocycles. The Kier molecular flexibility index (Phi) is 6.13. The minimum absolute atomic E-state index is 0.113. The smallest absolute Gasteiger partial charge is 0.257 e. The van der Waals surface area contributed by atoms with Crippen LogP contribution >= 0.6 is 0 Å². The molecule has 0 radical (unpaired) electrons. The molecule has 0 bridgehead atoms. The van der Waals surface area contributed by atoms with Crippen LogP contribution in [0.3, 0.4) is 0 Å². The van der Waals surface area contributed by atoms with Crippen molar-refractivity contribution in [2.45, 2.75) is 13.0 Å². The monoisotopic (exact) mass is 430 g/mol. The maximum absolute atomic E-state index is 12.8. The Labute approximate surface area is 187 Å². The number of carbonyl (C=O) groups excluding carboxylic acids is 1. The average Bonchev–Trinajstić information content (AvgIpc) is 2.77. The molecule has 1 N–H and O–H groups in total. The number of rotatable bonds is 7. The third kappa shape index (κ3) is 4.92. The molecule has 0 aliphatic carbocycles. The summed E-state index contributed by atoms with van der Waals surface area (Å²) in [7, 11) is 3.86. The first kappa shape index (κ1) is 21.5. The summed E-state index contributed by atoms with van der Waals surface area (Å²) < 4.78 is 5.82. The van der Waals surface area contributed by atoms with Gasteiger partial charge in [0.05, 0.1) is 0 Å². The molecule has 0 unspecified atom stereocenters. The zero-order chi connectivity index (χ0) is 22.7. The highest BCUT2D eigenvalue weighted by atomic mass is 16.5. The van der Waals surface area contributed by atoms with E-state index in [4.69, 9.17) is 4.74 Å². The van der Waals surface area contributed by atoms with Crippen molar-refractivity contribution in [1.82, 2.24) is 19.9 Å². The quantitative estimate of drug-likeness (QED) is 0.456. The zero-order valence-electron chi connectivity index (χ0n) is 18.4. The van der Waals surface area contributed by atoms with Crippen molar-refractivity contribution in [1.29, 1.82) is 0 Å². The van der Waals surface area contributed by atoms with Crippen LogP contribution in [0.15, 0.2) is 60.1 Å². The van der Waals surface area contributed by atoms with Crippen LogP contribution in [0.1, 0.15) is 22.8 Å². The summed E-state index contributed by atoms with van der Waals surface area (Å²) in [6, 6.07) is 11.3. The fourth-order valence-electron chi connectivity index (χ4n) is 3.54. The van der Waals surface area contributed by atoms with Gasteiger partial charge in [0.25, 0.3) is 5.91 Å². The molecule has 1 fully saturated rings. The molecular formula is C24H26N6O2. The van der Waals surface area contributed by atoms with Crippen molar-refractivity contribution in [3.8, 4) is 5.88 Å². The summed E-state index contributed by atoms with van der Waals surface area (Å²) in [6.45, 7) is 7.25. The first-order chi connectivity index (χ1) is 15.4. The molecule has 1 aliphatic heterocycles. The normalized spacial score (nSPS) is 14.7. The molecular weight excluding hydrogens is 404 g/mol. The van der Waals surface area contributed by atoms with Crippen molar-refractivity contribution in [2.75, 3.05) is 32.5 Å². The van der Waals surface area contributed by atoms with E-state index >= 15 is 0 Å². The molecule has 8 heteroatoms. The van der Waals surface area contributed by atoms with Gasteiger partial charge in [-0.15, -0.1) is 0 Å². The lowest BCUT2D eigenvalue weighted by Gasteiger charge is -2.35. The molecule has 3 heterocycles. The Morgan fingerprint density at radius 3 is 2.78 bits per heavy atom. The summed E-state index contributed by atoms with van der Waals surface area (Å²) >= 11 is 0. The largest absolute Gasteiger partial charge is 0.472 e. The lowest BCUT2D eigenvalue weighted by atomic mass is 10.0. The number of nitrogens with one attached hydrogen (secondary N) is 1. The number of likely N-dealkylation sites (N-methyl/N-ethyl adjacent to an activating group) is 1. The van der Waals surface area contributed by atoms with Gasteiger partial charge in [0.15, 0.2) is 0 Å². The van der Waals surface area contributed by atoms with Crippen LogP contribution in [-0.2, 0) is 0 Å². The maximum atomic E-state index is 12.8. The predicted molar refractivity (Wildman–Crippen MR) is 127 cm³/mol. The fraction of sp³-hybridized carbons (Fsp3) is 0.250. The van der Waals surface area contributed by atoms with E-state index in [0.29, 0.717) is 17.3 Å². The molecule has 164 valence electrons. The summed E-state index contributed by atoms with van der Waals surface area (Å²) in [5.41, 5.74) is 2.57. The Hall–Kier alpha value is -3.78. The number of hydrogen-bond donors (Lipinski definition) is 1. The molecule has 2 aromatic heterocycles. The lowest BCUT2D eigenvalue weighted by Crippen LogP contribution is -2.51. The highest BCUT2D eigenvalue weighted by Gasteiger charge is 2.25. The van der Waals surface area contributed by atoms with E-state index in [2.05, 4.69) is 38.1 Å². The van der Waals surface area contributed by atoms with Crippen LogP contribution in [0.25, 0.3) is 16.3 Å². The highest BCUT2D eigenvalue weighted by molar-refractivity contribution is 6.04. The predicted octanol–water partition coefficient (Wildman–Crippen LogP) is 3.48. The summed E-state index contributed by atoms with van der Waals surface area (Å²) in [4.78, 5) is 23.5. The number of benzene rings is 1. The number of fused-ring (bicyclic) bond motifs is 1. The third-order valence-electron chi connectivity index (χ3n) is 5.34. The van der Waals surface area contributed by atoms with Crippen molar-refractivity contribution in [3.05, 3.63) is 66.1 Å². The number of allylic oxidation sites excluding steroid dienone is 1. The molecule has 3 aromatic rings. The maximum Gasteiger partial charge on any atom is 0.257 e. The Morgan fingerprint density at radius 1 is 1.22 bits per heavy atom. The molecule has 1 saturated heterocycles. The van der Waals surface area contributed by atoms with Gasteiger partial charge in [-0.05, 0) is 48.7 Å². The van der Waals surface area contributed by atoms with Crippen molar-refractivity contribution >= 4 is 34.8 Å². The zero-order valence-corrected chi connectivity index (χ0v) is 18.4. The second-order valence-corrected chi connectivity index (χ2v) is 7.96. The second-order valence-electron chi connectivity index (χ2n) is 7.96. The van der Waals surface area contributed by atoms with E-state index in [1.807, 2.05) is 45.4 Å². The number of ether oxygens (including phenoxy) is 1. The number of anilines is 1. The van der Waals surface area contributed by atoms with Crippen LogP contribution in [0.4, 0.5) is 5.82 Å². The molecule has 1 aromatic carbocycles. The van der Waals surface area contributed by atoms with Gasteiger partial charge in [-0.25, -0.2) is 9.97 Å². The van der Waals surface area contributed by atoms with Gasteiger partial charge in [-0.2, -0.15) is 5.10 Å². The summed E-state index contributed by atoms with van der Waals surface area (Å²) in [5, 5.41) is 10.3. The number of amides is 1. The number of likely N-dealkylation sites (tertiary alicyclic amines) is 1. The van der Waals surface area contributed by atoms with Gasteiger partial charge in [0.1, 0.15) is 11.9 Å². The van der Waals surface area contributed by atoms with E-state index < -0.39 is 0 Å². The van der Waals surface area contributed by atoms with Crippen molar-refractivity contribution in [3.63, 3.8) is 0 Å². The van der Waals surface area contributed by atoms with Crippen LogP contribution in [0, 0.1) is 0 Å². The summed E-state index contributed by atoms with van der Waals surface area (Å²) in [5.74, 6) is 0.667. The Morgan fingerprint density at radius 2 is 2.03 bits per heavy atom. The number of aromatic nitrogens is 2. The number of hydrogen-bond acceptors (Lipinski definition) is 7. The minimum atomic E-state index is -0.263.